The van der Waals surface area contributed by atoms with Crippen LogP contribution in [0, 0.1) is 6.92 Å². The molecule has 0 bridgehead atoms. The maximum absolute atomic E-state index is 5.83. The summed E-state index contributed by atoms with van der Waals surface area (Å²) in [7, 11) is 0. The molecule has 1 N–H and O–H groups in total. The molecule has 4 nitrogen and oxygen atoms in total. The molecule has 0 radical (unpaired) electrons. The average molecular weight is 489 g/mol. The number of halogens is 1. The van der Waals surface area contributed by atoms with E-state index in [1.807, 2.05) is 24.4 Å². The molecule has 2 unspecified atom stereocenters. The summed E-state index contributed by atoms with van der Waals surface area (Å²) < 4.78 is 3.27. The van der Waals surface area contributed by atoms with Crippen LogP contribution in [0.15, 0.2) is 95.7 Å². The summed E-state index contributed by atoms with van der Waals surface area (Å²) >= 11 is 9.44. The van der Waals surface area contributed by atoms with Gasteiger partial charge in [0.15, 0.2) is 5.11 Å². The molecule has 1 aliphatic heterocycles. The number of aryl methyl sites for hydroxylation is 1. The van der Waals surface area contributed by atoms with E-state index in [1.54, 1.807) is 0 Å². The second-order valence-electron chi connectivity index (χ2n) is 7.62. The second-order valence-corrected chi connectivity index (χ2v) is 8.92. The van der Waals surface area contributed by atoms with E-state index in [9.17, 15) is 0 Å². The van der Waals surface area contributed by atoms with Crippen molar-refractivity contribution in [2.45, 2.75) is 19.0 Å². The number of hydrogen-bond donors (Lipinski definition) is 1. The topological polar surface area (TPSA) is 33.1 Å². The molecule has 0 saturated carbocycles. The Morgan fingerprint density at radius 1 is 0.935 bits per heavy atom. The highest BCUT2D eigenvalue weighted by Crippen LogP contribution is 2.42. The van der Waals surface area contributed by atoms with E-state index in [0.29, 0.717) is 5.11 Å². The van der Waals surface area contributed by atoms with Crippen LogP contribution in [0.5, 0.6) is 0 Å². The number of anilines is 1. The first kappa shape index (κ1) is 20.0. The molecule has 154 valence electrons. The number of nitrogens with one attached hydrogen (secondary N) is 1. The van der Waals surface area contributed by atoms with Crippen molar-refractivity contribution < 1.29 is 0 Å². The van der Waals surface area contributed by atoms with E-state index >= 15 is 0 Å². The lowest BCUT2D eigenvalue weighted by Crippen LogP contribution is -2.30. The molecule has 2 atom stereocenters. The van der Waals surface area contributed by atoms with E-state index in [1.165, 1.54) is 5.56 Å². The first-order chi connectivity index (χ1) is 15.1. The molecular formula is C25H21BrN4S. The van der Waals surface area contributed by atoms with Gasteiger partial charge in [0.25, 0.3) is 0 Å². The van der Waals surface area contributed by atoms with E-state index in [0.717, 1.165) is 27.2 Å². The number of nitrogens with zero attached hydrogens (tertiary/aromatic N) is 3. The fourth-order valence-corrected chi connectivity index (χ4v) is 4.87. The van der Waals surface area contributed by atoms with E-state index in [4.69, 9.17) is 12.2 Å². The molecule has 1 fully saturated rings. The summed E-state index contributed by atoms with van der Waals surface area (Å²) in [5, 5.41) is 4.23. The van der Waals surface area contributed by atoms with Crippen LogP contribution < -0.4 is 10.2 Å². The van der Waals surface area contributed by atoms with E-state index < -0.39 is 0 Å². The standard InChI is InChI=1S/C25H21BrN4S/c1-17-10-12-19(13-11-17)30-24(23(28-25(30)31)21-8-2-3-14-27-21)22-9-5-15-29(22)20-7-4-6-18(26)16-20/h2-16,23-24H,1H3,(H,28,31). The summed E-state index contributed by atoms with van der Waals surface area (Å²) in [4.78, 5) is 6.85. The lowest BCUT2D eigenvalue weighted by molar-refractivity contribution is 0.549. The Labute approximate surface area is 195 Å². The van der Waals surface area contributed by atoms with Crippen LogP contribution in [0.1, 0.15) is 29.0 Å². The summed E-state index contributed by atoms with van der Waals surface area (Å²) in [6.07, 6.45) is 3.93. The van der Waals surface area contributed by atoms with Crippen molar-refractivity contribution in [3.05, 3.63) is 113 Å². The molecule has 2 aromatic carbocycles. The minimum Gasteiger partial charge on any atom is -0.351 e. The lowest BCUT2D eigenvalue weighted by Gasteiger charge is -2.29. The molecule has 1 saturated heterocycles. The Morgan fingerprint density at radius 3 is 2.52 bits per heavy atom. The summed E-state index contributed by atoms with van der Waals surface area (Å²) in [6.45, 7) is 2.09. The fraction of sp³-hybridized carbons (Fsp3) is 0.120. The minimum absolute atomic E-state index is 0.0564. The predicted molar refractivity (Wildman–Crippen MR) is 133 cm³/mol. The van der Waals surface area contributed by atoms with Crippen LogP contribution in [-0.4, -0.2) is 14.7 Å². The van der Waals surface area contributed by atoms with Crippen molar-refractivity contribution in [3.8, 4) is 5.69 Å². The largest absolute Gasteiger partial charge is 0.351 e. The zero-order valence-electron chi connectivity index (χ0n) is 16.9. The zero-order chi connectivity index (χ0) is 21.4. The highest BCUT2D eigenvalue weighted by Gasteiger charge is 2.42. The van der Waals surface area contributed by atoms with Crippen LogP contribution in [0.3, 0.4) is 0 Å². The van der Waals surface area contributed by atoms with Gasteiger partial charge in [0.2, 0.25) is 0 Å². The number of pyridine rings is 1. The fourth-order valence-electron chi connectivity index (χ4n) is 4.14. The molecule has 0 amide bonds. The Bertz CT molecular complexity index is 1220. The van der Waals surface area contributed by atoms with Crippen LogP contribution >= 0.6 is 28.1 Å². The van der Waals surface area contributed by atoms with E-state index in [2.05, 4.69) is 109 Å². The Balaban J connectivity index is 1.67. The Morgan fingerprint density at radius 2 is 1.77 bits per heavy atom. The number of benzene rings is 2. The third-order valence-electron chi connectivity index (χ3n) is 5.58. The molecule has 5 rings (SSSR count). The smallest absolute Gasteiger partial charge is 0.174 e. The number of hydrogen-bond acceptors (Lipinski definition) is 2. The first-order valence-corrected chi connectivity index (χ1v) is 11.3. The third kappa shape index (κ3) is 3.77. The van der Waals surface area contributed by atoms with Crippen molar-refractivity contribution >= 4 is 38.9 Å². The molecule has 0 spiro atoms. The van der Waals surface area contributed by atoms with Crippen LogP contribution in [0.25, 0.3) is 5.69 Å². The van der Waals surface area contributed by atoms with Crippen LogP contribution in [-0.2, 0) is 0 Å². The van der Waals surface area contributed by atoms with Gasteiger partial charge < -0.3 is 14.8 Å². The van der Waals surface area contributed by atoms with Crippen LogP contribution in [0.4, 0.5) is 5.69 Å². The van der Waals surface area contributed by atoms with Gasteiger partial charge in [0, 0.05) is 33.9 Å². The van der Waals surface area contributed by atoms with Gasteiger partial charge in [0.1, 0.15) is 6.04 Å². The van der Waals surface area contributed by atoms with Crippen molar-refractivity contribution in [2.24, 2.45) is 0 Å². The van der Waals surface area contributed by atoms with Crippen molar-refractivity contribution in [1.29, 1.82) is 0 Å². The molecule has 1 aliphatic rings. The molecular weight excluding hydrogens is 468 g/mol. The normalized spacial score (nSPS) is 18.3. The summed E-state index contributed by atoms with van der Waals surface area (Å²) in [6, 6.07) is 27.0. The number of thiocarbonyl (C=S) groups is 1. The third-order valence-corrected chi connectivity index (χ3v) is 6.39. The van der Waals surface area contributed by atoms with Crippen molar-refractivity contribution in [3.63, 3.8) is 0 Å². The van der Waals surface area contributed by atoms with Gasteiger partial charge >= 0.3 is 0 Å². The average Bonchev–Trinajstić information content (AvgIpc) is 3.39. The lowest BCUT2D eigenvalue weighted by atomic mass is 10.0. The molecule has 3 heterocycles. The summed E-state index contributed by atoms with van der Waals surface area (Å²) in [5.41, 5.74) is 5.48. The quantitative estimate of drug-likeness (QED) is 0.350. The molecule has 31 heavy (non-hydrogen) atoms. The summed E-state index contributed by atoms with van der Waals surface area (Å²) in [5.74, 6) is 0. The predicted octanol–water partition coefficient (Wildman–Crippen LogP) is 6.12. The highest BCUT2D eigenvalue weighted by atomic mass is 79.9. The van der Waals surface area contributed by atoms with Crippen molar-refractivity contribution in [2.75, 3.05) is 4.90 Å². The number of rotatable bonds is 4. The highest BCUT2D eigenvalue weighted by molar-refractivity contribution is 9.10. The van der Waals surface area contributed by atoms with Gasteiger partial charge in [-0.2, -0.15) is 0 Å². The maximum atomic E-state index is 5.83. The first-order valence-electron chi connectivity index (χ1n) is 10.1. The molecule has 4 aromatic rings. The molecule has 2 aromatic heterocycles. The van der Waals surface area contributed by atoms with Crippen molar-refractivity contribution in [1.82, 2.24) is 14.9 Å². The minimum atomic E-state index is -0.0733. The Hall–Kier alpha value is -2.96. The van der Waals surface area contributed by atoms with Gasteiger partial charge in [-0.15, -0.1) is 0 Å². The SMILES string of the molecule is Cc1ccc(N2C(=S)NC(c3ccccn3)C2c2cccn2-c2cccc(Br)c2)cc1. The van der Waals surface area contributed by atoms with Gasteiger partial charge in [-0.05, 0) is 73.7 Å². The molecule has 6 heteroatoms. The Kier molecular flexibility index (Phi) is 5.34. The van der Waals surface area contributed by atoms with Gasteiger partial charge in [-0.25, -0.2) is 0 Å². The van der Waals surface area contributed by atoms with Crippen LogP contribution in [0.2, 0.25) is 0 Å². The monoisotopic (exact) mass is 488 g/mol. The number of aromatic nitrogens is 2. The van der Waals surface area contributed by atoms with Gasteiger partial charge in [-0.3, -0.25) is 4.98 Å². The second kappa shape index (κ2) is 8.29. The zero-order valence-corrected chi connectivity index (χ0v) is 19.3. The van der Waals surface area contributed by atoms with Gasteiger partial charge in [-0.1, -0.05) is 45.8 Å². The van der Waals surface area contributed by atoms with Gasteiger partial charge in [0.05, 0.1) is 11.7 Å². The molecule has 0 aliphatic carbocycles. The van der Waals surface area contributed by atoms with E-state index in [-0.39, 0.29) is 12.1 Å². The maximum Gasteiger partial charge on any atom is 0.174 e.